The summed E-state index contributed by atoms with van der Waals surface area (Å²) in [4.78, 5) is 3.68. The summed E-state index contributed by atoms with van der Waals surface area (Å²) in [6.07, 6.45) is 1.07. The molecule has 1 aliphatic rings. The Balaban J connectivity index is 2.39. The molecule has 1 atom stereocenters. The summed E-state index contributed by atoms with van der Waals surface area (Å²) in [7, 11) is 2.00. The minimum absolute atomic E-state index is 0.430. The predicted molar refractivity (Wildman–Crippen MR) is 69.6 cm³/mol. The van der Waals surface area contributed by atoms with Gasteiger partial charge in [0.2, 0.25) is 0 Å². The maximum Gasteiger partial charge on any atom is 0.0513 e. The van der Waals surface area contributed by atoms with E-state index in [1.807, 2.05) is 7.05 Å². The molecule has 0 saturated carbocycles. The molecule has 0 bridgehead atoms. The van der Waals surface area contributed by atoms with Crippen LogP contribution in [-0.4, -0.2) is 55.1 Å². The first-order valence-corrected chi connectivity index (χ1v) is 6.20. The Morgan fingerprint density at radius 2 is 2.33 bits per heavy atom. The van der Waals surface area contributed by atoms with Gasteiger partial charge in [-0.05, 0) is 27.3 Å². The molecule has 1 fully saturated rings. The number of nitrogens with zero attached hydrogens (tertiary/aromatic N) is 1. The monoisotopic (exact) mass is 229 g/mol. The maximum atomic E-state index is 5.35. The average molecular weight is 229 g/mol. The van der Waals surface area contributed by atoms with E-state index in [1.54, 1.807) is 0 Å². The van der Waals surface area contributed by atoms with E-state index < -0.39 is 0 Å². The van der Waals surface area contributed by atoms with Crippen LogP contribution in [-0.2, 0) is 0 Å². The molecule has 88 valence electrons. The van der Waals surface area contributed by atoms with Gasteiger partial charge < -0.3 is 10.6 Å². The highest BCUT2D eigenvalue weighted by atomic mass is 32.1. The van der Waals surface area contributed by atoms with E-state index in [2.05, 4.69) is 29.4 Å². The van der Waals surface area contributed by atoms with E-state index >= 15 is 0 Å². The van der Waals surface area contributed by atoms with Crippen LogP contribution in [0.3, 0.4) is 0 Å². The Hall–Kier alpha value is -0.0300. The molecule has 0 spiro atoms. The molecule has 4 heteroatoms. The molecule has 1 aliphatic heterocycles. The van der Waals surface area contributed by atoms with E-state index in [4.69, 9.17) is 12.2 Å². The molecule has 1 heterocycles. The molecule has 1 unspecified atom stereocenters. The van der Waals surface area contributed by atoms with Crippen LogP contribution in [0.2, 0.25) is 0 Å². The van der Waals surface area contributed by atoms with Crippen LogP contribution in [0.5, 0.6) is 0 Å². The normalized spacial score (nSPS) is 21.9. The van der Waals surface area contributed by atoms with Gasteiger partial charge in [0.05, 0.1) is 6.04 Å². The van der Waals surface area contributed by atoms with Crippen molar-refractivity contribution in [3.05, 3.63) is 0 Å². The van der Waals surface area contributed by atoms with Crippen molar-refractivity contribution in [1.29, 1.82) is 0 Å². The van der Waals surface area contributed by atoms with Crippen molar-refractivity contribution in [2.45, 2.75) is 32.4 Å². The van der Waals surface area contributed by atoms with Crippen molar-refractivity contribution in [2.24, 2.45) is 0 Å². The largest absolute Gasteiger partial charge is 0.318 e. The molecule has 1 saturated heterocycles. The average Bonchev–Trinajstić information content (AvgIpc) is 2.58. The van der Waals surface area contributed by atoms with Crippen molar-refractivity contribution in [3.8, 4) is 0 Å². The summed E-state index contributed by atoms with van der Waals surface area (Å²) in [5, 5.41) is 6.66. The van der Waals surface area contributed by atoms with Gasteiger partial charge in [-0.2, -0.15) is 0 Å². The number of hydrogen-bond donors (Lipinski definition) is 2. The standard InChI is InChI=1S/C11H23N3S/c1-9(2)14(7-6-12-3)8-10-11(15)4-5-13-10/h9-10,12-13H,4-8H2,1-3H3. The molecule has 0 aromatic heterocycles. The minimum Gasteiger partial charge on any atom is -0.318 e. The molecule has 15 heavy (non-hydrogen) atoms. The highest BCUT2D eigenvalue weighted by Gasteiger charge is 2.23. The Kier molecular flexibility index (Phi) is 5.68. The second-order valence-corrected chi connectivity index (χ2v) is 4.94. The van der Waals surface area contributed by atoms with Crippen molar-refractivity contribution < 1.29 is 0 Å². The second-order valence-electron chi connectivity index (χ2n) is 4.42. The molecular weight excluding hydrogens is 206 g/mol. The Morgan fingerprint density at radius 3 is 2.80 bits per heavy atom. The topological polar surface area (TPSA) is 27.3 Å². The molecule has 0 amide bonds. The van der Waals surface area contributed by atoms with Crippen LogP contribution in [0.4, 0.5) is 0 Å². The van der Waals surface area contributed by atoms with E-state index in [0.717, 1.165) is 32.6 Å². The summed E-state index contributed by atoms with van der Waals surface area (Å²) < 4.78 is 0. The minimum atomic E-state index is 0.430. The van der Waals surface area contributed by atoms with E-state index in [9.17, 15) is 0 Å². The van der Waals surface area contributed by atoms with Gasteiger partial charge in [0, 0.05) is 37.1 Å². The summed E-state index contributed by atoms with van der Waals surface area (Å²) >= 11 is 5.35. The van der Waals surface area contributed by atoms with Crippen LogP contribution in [0.25, 0.3) is 0 Å². The number of hydrogen-bond acceptors (Lipinski definition) is 4. The molecule has 3 nitrogen and oxygen atoms in total. The quantitative estimate of drug-likeness (QED) is 0.654. The van der Waals surface area contributed by atoms with Crippen molar-refractivity contribution >= 4 is 17.1 Å². The van der Waals surface area contributed by atoms with Crippen LogP contribution < -0.4 is 10.6 Å². The molecule has 0 aromatic rings. The lowest BCUT2D eigenvalue weighted by atomic mass is 10.2. The van der Waals surface area contributed by atoms with Crippen molar-refractivity contribution in [3.63, 3.8) is 0 Å². The van der Waals surface area contributed by atoms with E-state index in [-0.39, 0.29) is 0 Å². The van der Waals surface area contributed by atoms with Gasteiger partial charge in [-0.25, -0.2) is 0 Å². The van der Waals surface area contributed by atoms with Gasteiger partial charge in [0.25, 0.3) is 0 Å². The highest BCUT2D eigenvalue weighted by molar-refractivity contribution is 7.80. The lowest BCUT2D eigenvalue weighted by Gasteiger charge is -2.29. The van der Waals surface area contributed by atoms with Gasteiger partial charge in [-0.1, -0.05) is 12.2 Å². The van der Waals surface area contributed by atoms with Crippen LogP contribution >= 0.6 is 12.2 Å². The zero-order chi connectivity index (χ0) is 11.3. The van der Waals surface area contributed by atoms with Gasteiger partial charge in [0.15, 0.2) is 0 Å². The zero-order valence-corrected chi connectivity index (χ0v) is 10.9. The number of thiocarbonyl (C=S) groups is 1. The molecule has 0 aromatic carbocycles. The number of likely N-dealkylation sites (N-methyl/N-ethyl adjacent to an activating group) is 1. The fourth-order valence-corrected chi connectivity index (χ4v) is 2.13. The van der Waals surface area contributed by atoms with E-state index in [0.29, 0.717) is 12.1 Å². The third-order valence-electron chi connectivity index (χ3n) is 2.95. The maximum absolute atomic E-state index is 5.35. The summed E-state index contributed by atoms with van der Waals surface area (Å²) in [6, 6.07) is 1.02. The van der Waals surface area contributed by atoms with Gasteiger partial charge in [0.1, 0.15) is 0 Å². The Labute approximate surface area is 98.6 Å². The smallest absolute Gasteiger partial charge is 0.0513 e. The first kappa shape index (κ1) is 13.0. The fraction of sp³-hybridized carbons (Fsp3) is 0.909. The zero-order valence-electron chi connectivity index (χ0n) is 10.0. The molecular formula is C11H23N3S. The molecule has 1 rings (SSSR count). The van der Waals surface area contributed by atoms with Crippen LogP contribution in [0.15, 0.2) is 0 Å². The SMILES string of the molecule is CNCCN(CC1NCCC1=S)C(C)C. The summed E-state index contributed by atoms with van der Waals surface area (Å²) in [5.74, 6) is 0. The molecule has 0 radical (unpaired) electrons. The highest BCUT2D eigenvalue weighted by Crippen LogP contribution is 2.07. The van der Waals surface area contributed by atoms with Crippen LogP contribution in [0, 0.1) is 0 Å². The fourth-order valence-electron chi connectivity index (χ4n) is 1.87. The van der Waals surface area contributed by atoms with Gasteiger partial charge in [-0.3, -0.25) is 4.90 Å². The Morgan fingerprint density at radius 1 is 1.60 bits per heavy atom. The predicted octanol–water partition coefficient (Wildman–Crippen LogP) is 0.648. The van der Waals surface area contributed by atoms with Gasteiger partial charge in [-0.15, -0.1) is 0 Å². The summed E-state index contributed by atoms with van der Waals surface area (Å²) in [5.41, 5.74) is 0. The summed E-state index contributed by atoms with van der Waals surface area (Å²) in [6.45, 7) is 8.73. The first-order chi connectivity index (χ1) is 7.15. The number of rotatable bonds is 6. The molecule has 2 N–H and O–H groups in total. The van der Waals surface area contributed by atoms with Gasteiger partial charge >= 0.3 is 0 Å². The Bertz CT molecular complexity index is 206. The van der Waals surface area contributed by atoms with E-state index in [1.165, 1.54) is 4.86 Å². The lowest BCUT2D eigenvalue weighted by molar-refractivity contribution is 0.217. The van der Waals surface area contributed by atoms with Crippen molar-refractivity contribution in [2.75, 3.05) is 33.2 Å². The third-order valence-corrected chi connectivity index (χ3v) is 3.44. The number of nitrogens with one attached hydrogen (secondary N) is 2. The first-order valence-electron chi connectivity index (χ1n) is 5.80. The van der Waals surface area contributed by atoms with Crippen LogP contribution in [0.1, 0.15) is 20.3 Å². The van der Waals surface area contributed by atoms with Crippen molar-refractivity contribution in [1.82, 2.24) is 15.5 Å². The second kappa shape index (κ2) is 6.53. The molecule has 0 aliphatic carbocycles. The third kappa shape index (κ3) is 4.15. The lowest BCUT2D eigenvalue weighted by Crippen LogP contribution is -2.45.